The van der Waals surface area contributed by atoms with Crippen molar-refractivity contribution in [2.45, 2.75) is 30.8 Å². The van der Waals surface area contributed by atoms with Crippen molar-refractivity contribution in [1.29, 1.82) is 0 Å². The zero-order chi connectivity index (χ0) is 17.1. The van der Waals surface area contributed by atoms with Crippen LogP contribution in [0.5, 0.6) is 0 Å². The number of Topliss-reactive ketones (excluding diaryl/α,β-unsaturated/α-hetero) is 1. The Bertz CT molecular complexity index is 600. The summed E-state index contributed by atoms with van der Waals surface area (Å²) < 4.78 is 29.1. The van der Waals surface area contributed by atoms with Crippen LogP contribution in [-0.4, -0.2) is 37.6 Å². The Morgan fingerprint density at radius 2 is 1.87 bits per heavy atom. The molecule has 23 heavy (non-hydrogen) atoms. The van der Waals surface area contributed by atoms with Gasteiger partial charge in [0.25, 0.3) is 0 Å². The molecule has 6 nitrogen and oxygen atoms in total. The third-order valence-electron chi connectivity index (χ3n) is 2.76. The SMILES string of the molecule is O=C(O)CC(=O)CC[CH2][Re][S](=O)(=O)CCOCc1ccccc1. The molecule has 129 valence electrons. The van der Waals surface area contributed by atoms with E-state index in [-0.39, 0.29) is 24.6 Å². The first kappa shape index (κ1) is 20.0. The summed E-state index contributed by atoms with van der Waals surface area (Å²) in [6, 6.07) is 9.53. The molecule has 1 rings (SSSR count). The molecule has 0 bridgehead atoms. The number of aliphatic carboxylic acids is 1. The van der Waals surface area contributed by atoms with Crippen LogP contribution in [0.2, 0.25) is 4.89 Å². The molecule has 1 aromatic rings. The molecule has 1 aromatic carbocycles. The van der Waals surface area contributed by atoms with Crippen LogP contribution in [0.25, 0.3) is 0 Å². The Labute approximate surface area is 143 Å². The molecule has 0 aliphatic carbocycles. The molecule has 0 atom stereocenters. The van der Waals surface area contributed by atoms with E-state index in [1.807, 2.05) is 30.3 Å². The Kier molecular flexibility index (Phi) is 9.26. The first-order chi connectivity index (χ1) is 10.9. The zero-order valence-electron chi connectivity index (χ0n) is 12.6. The fraction of sp³-hybridized carbons (Fsp3) is 0.467. The first-order valence-electron chi connectivity index (χ1n) is 7.08. The third kappa shape index (κ3) is 10.3. The second-order valence-electron chi connectivity index (χ2n) is 4.79. The summed E-state index contributed by atoms with van der Waals surface area (Å²) in [6.45, 7) is 0.564. The summed E-state index contributed by atoms with van der Waals surface area (Å²) in [6.07, 6.45) is 0.112. The van der Waals surface area contributed by atoms with Crippen LogP contribution in [0.3, 0.4) is 0 Å². The summed E-state index contributed by atoms with van der Waals surface area (Å²) >= 11 is -1.46. The minimum atomic E-state index is -3.06. The van der Waals surface area contributed by atoms with Crippen LogP contribution in [-0.2, 0) is 45.3 Å². The Hall–Kier alpha value is -1.07. The van der Waals surface area contributed by atoms with Crippen molar-refractivity contribution >= 4 is 19.4 Å². The Morgan fingerprint density at radius 3 is 2.52 bits per heavy atom. The van der Waals surface area contributed by atoms with Gasteiger partial charge >= 0.3 is 143 Å². The van der Waals surface area contributed by atoms with Gasteiger partial charge in [-0.3, -0.25) is 0 Å². The normalized spacial score (nSPS) is 11.3. The Morgan fingerprint density at radius 1 is 1.17 bits per heavy atom. The van der Waals surface area contributed by atoms with E-state index >= 15 is 0 Å². The van der Waals surface area contributed by atoms with Crippen LogP contribution in [0.1, 0.15) is 24.8 Å². The number of ether oxygens (including phenoxy) is 1. The molecule has 0 aliphatic heterocycles. The predicted octanol–water partition coefficient (Wildman–Crippen LogP) is 1.86. The van der Waals surface area contributed by atoms with Crippen LogP contribution in [0.15, 0.2) is 30.3 Å². The molecular weight excluding hydrogens is 494 g/mol. The van der Waals surface area contributed by atoms with E-state index in [0.717, 1.165) is 5.56 Å². The number of carboxylic acid groups (broad SMARTS) is 1. The van der Waals surface area contributed by atoms with E-state index in [9.17, 15) is 18.0 Å². The van der Waals surface area contributed by atoms with Gasteiger partial charge < -0.3 is 0 Å². The van der Waals surface area contributed by atoms with Crippen molar-refractivity contribution in [3.8, 4) is 0 Å². The molecule has 0 aliphatic rings. The third-order valence-corrected chi connectivity index (χ3v) is 11.8. The molecular formula is C15H20O6ReS. The number of ketones is 1. The van der Waals surface area contributed by atoms with Crippen molar-refractivity contribution in [3.05, 3.63) is 35.9 Å². The summed E-state index contributed by atoms with van der Waals surface area (Å²) in [7, 11) is -3.06. The summed E-state index contributed by atoms with van der Waals surface area (Å²) in [5.74, 6) is -1.48. The van der Waals surface area contributed by atoms with Crippen molar-refractivity contribution in [2.75, 3.05) is 12.4 Å². The number of hydrogen-bond acceptors (Lipinski definition) is 5. The molecule has 0 radical (unpaired) electrons. The van der Waals surface area contributed by atoms with Crippen LogP contribution >= 0.6 is 0 Å². The number of carbonyl (C=O) groups is 2. The number of rotatable bonds is 12. The molecule has 1 N–H and O–H groups in total. The van der Waals surface area contributed by atoms with Crippen LogP contribution in [0.4, 0.5) is 0 Å². The molecule has 0 amide bonds. The molecule has 0 fully saturated rings. The minimum absolute atomic E-state index is 0.0152. The van der Waals surface area contributed by atoms with Crippen molar-refractivity contribution in [3.63, 3.8) is 0 Å². The molecule has 0 aromatic heterocycles. The molecule has 0 spiro atoms. The van der Waals surface area contributed by atoms with Crippen molar-refractivity contribution < 1.29 is 44.6 Å². The van der Waals surface area contributed by atoms with E-state index in [0.29, 0.717) is 17.9 Å². The quantitative estimate of drug-likeness (QED) is 0.338. The van der Waals surface area contributed by atoms with E-state index in [4.69, 9.17) is 9.84 Å². The van der Waals surface area contributed by atoms with Gasteiger partial charge in [0.2, 0.25) is 0 Å². The number of hydrogen-bond donors (Lipinski definition) is 1. The van der Waals surface area contributed by atoms with Gasteiger partial charge in [-0.1, -0.05) is 0 Å². The number of carboxylic acids is 1. The molecule has 8 heteroatoms. The van der Waals surface area contributed by atoms with Gasteiger partial charge in [0.15, 0.2) is 0 Å². The van der Waals surface area contributed by atoms with Gasteiger partial charge in [0.05, 0.1) is 0 Å². The topological polar surface area (TPSA) is 97.7 Å². The number of carbonyl (C=O) groups excluding carboxylic acids is 1. The van der Waals surface area contributed by atoms with Gasteiger partial charge in [-0.2, -0.15) is 0 Å². The van der Waals surface area contributed by atoms with Gasteiger partial charge in [0.1, 0.15) is 0 Å². The Balaban J connectivity index is 2.13. The maximum atomic E-state index is 11.9. The summed E-state index contributed by atoms with van der Waals surface area (Å²) in [5, 5.41) is 8.45. The first-order valence-corrected chi connectivity index (χ1v) is 13.9. The van der Waals surface area contributed by atoms with Crippen molar-refractivity contribution in [2.24, 2.45) is 0 Å². The molecule has 0 saturated carbocycles. The van der Waals surface area contributed by atoms with Gasteiger partial charge in [-0.15, -0.1) is 0 Å². The summed E-state index contributed by atoms with van der Waals surface area (Å²) in [5.41, 5.74) is 1.00. The monoisotopic (exact) mass is 515 g/mol. The summed E-state index contributed by atoms with van der Waals surface area (Å²) in [4.78, 5) is 22.0. The predicted molar refractivity (Wildman–Crippen MR) is 81.2 cm³/mol. The van der Waals surface area contributed by atoms with Gasteiger partial charge in [-0.25, -0.2) is 0 Å². The van der Waals surface area contributed by atoms with E-state index in [1.165, 1.54) is 0 Å². The second kappa shape index (κ2) is 10.7. The fourth-order valence-corrected chi connectivity index (χ4v) is 8.49. The van der Waals surface area contributed by atoms with Crippen LogP contribution in [0, 0.1) is 0 Å². The van der Waals surface area contributed by atoms with E-state index < -0.39 is 36.8 Å². The zero-order valence-corrected chi connectivity index (χ0v) is 16.1. The van der Waals surface area contributed by atoms with Crippen LogP contribution < -0.4 is 0 Å². The maximum absolute atomic E-state index is 11.9. The average molecular weight is 515 g/mol. The molecule has 0 heterocycles. The van der Waals surface area contributed by atoms with E-state index in [1.54, 1.807) is 0 Å². The molecule has 0 unspecified atom stereocenters. The standard InChI is InChI=1S/C9H11O3S.C6H9O3.Re/c10-13(11)7-6-12-8-9-4-2-1-3-5-9;1-2-3-5(7)4-6(8)9;/h1-5H,6-8H2;1-4H2,(H,8,9);. The fourth-order valence-electron chi connectivity index (χ4n) is 1.67. The van der Waals surface area contributed by atoms with Crippen molar-refractivity contribution in [1.82, 2.24) is 0 Å². The molecule has 0 saturated heterocycles. The van der Waals surface area contributed by atoms with E-state index in [2.05, 4.69) is 0 Å². The average Bonchev–Trinajstić information content (AvgIpc) is 2.49. The second-order valence-corrected chi connectivity index (χ2v) is 15.3. The van der Waals surface area contributed by atoms with Gasteiger partial charge in [-0.05, 0) is 0 Å². The number of benzene rings is 1. The van der Waals surface area contributed by atoms with Gasteiger partial charge in [0, 0.05) is 0 Å².